The Labute approximate surface area is 127 Å². The predicted molar refractivity (Wildman–Crippen MR) is 84.8 cm³/mol. The Bertz CT molecular complexity index is 475. The van der Waals surface area contributed by atoms with Crippen molar-refractivity contribution in [2.45, 2.75) is 50.9 Å². The Balaban J connectivity index is 1.73. The van der Waals surface area contributed by atoms with Crippen molar-refractivity contribution in [2.75, 3.05) is 6.67 Å². The second-order valence-electron chi connectivity index (χ2n) is 5.98. The lowest BCUT2D eigenvalue weighted by atomic mass is 9.77. The molecule has 0 spiro atoms. The van der Waals surface area contributed by atoms with Crippen LogP contribution in [-0.4, -0.2) is 6.67 Å². The Kier molecular flexibility index (Phi) is 6.47. The van der Waals surface area contributed by atoms with Crippen LogP contribution in [0, 0.1) is 17.2 Å². The molecule has 0 bridgehead atoms. The zero-order valence-corrected chi connectivity index (χ0v) is 12.6. The van der Waals surface area contributed by atoms with Crippen LogP contribution in [0.25, 0.3) is 0 Å². The molecule has 1 aliphatic carbocycles. The summed E-state index contributed by atoms with van der Waals surface area (Å²) in [7, 11) is 0. The highest BCUT2D eigenvalue weighted by Gasteiger charge is 2.21. The SMILES string of the molecule is N#Cc1ccc([C@H]2CC[C@H](CCC=CCCF)CC2)cc1. The minimum Gasteiger partial charge on any atom is -0.251 e. The molecule has 0 unspecified atom stereocenters. The third-order valence-electron chi connectivity index (χ3n) is 4.54. The van der Waals surface area contributed by atoms with E-state index in [1.54, 1.807) is 0 Å². The van der Waals surface area contributed by atoms with Crippen LogP contribution in [0.1, 0.15) is 62.0 Å². The first-order valence-electron chi connectivity index (χ1n) is 8.04. The van der Waals surface area contributed by atoms with E-state index in [2.05, 4.69) is 24.3 Å². The standard InChI is InChI=1S/C19H24FN/c20-14-4-2-1-3-5-16-6-10-18(11-7-16)19-12-8-17(15-21)9-13-19/h1-2,8-9,12-13,16,18H,3-7,10-11,14H2/t16-,18-. The molecular weight excluding hydrogens is 261 g/mol. The van der Waals surface area contributed by atoms with Crippen molar-refractivity contribution in [3.63, 3.8) is 0 Å². The van der Waals surface area contributed by atoms with Crippen LogP contribution >= 0.6 is 0 Å². The van der Waals surface area contributed by atoms with E-state index in [-0.39, 0.29) is 6.67 Å². The molecule has 2 rings (SSSR count). The van der Waals surface area contributed by atoms with Crippen molar-refractivity contribution in [2.24, 2.45) is 5.92 Å². The summed E-state index contributed by atoms with van der Waals surface area (Å²) in [5.74, 6) is 1.49. The van der Waals surface area contributed by atoms with Gasteiger partial charge in [0.1, 0.15) is 0 Å². The normalized spacial score (nSPS) is 22.3. The minimum absolute atomic E-state index is 0.244. The van der Waals surface area contributed by atoms with Gasteiger partial charge in [-0.3, -0.25) is 4.39 Å². The summed E-state index contributed by atoms with van der Waals surface area (Å²) in [4.78, 5) is 0. The van der Waals surface area contributed by atoms with E-state index in [0.29, 0.717) is 12.3 Å². The molecule has 1 fully saturated rings. The second kappa shape index (κ2) is 8.62. The van der Waals surface area contributed by atoms with E-state index in [9.17, 15) is 4.39 Å². The number of hydrogen-bond acceptors (Lipinski definition) is 1. The molecule has 0 heterocycles. The zero-order valence-electron chi connectivity index (χ0n) is 12.6. The molecule has 0 amide bonds. The maximum Gasteiger partial charge on any atom is 0.0991 e. The lowest BCUT2D eigenvalue weighted by Gasteiger charge is -2.28. The average Bonchev–Trinajstić information content (AvgIpc) is 2.55. The van der Waals surface area contributed by atoms with Crippen LogP contribution < -0.4 is 0 Å². The fourth-order valence-electron chi connectivity index (χ4n) is 3.24. The van der Waals surface area contributed by atoms with Crippen molar-refractivity contribution < 1.29 is 4.39 Å². The molecule has 2 heteroatoms. The van der Waals surface area contributed by atoms with Gasteiger partial charge in [0.25, 0.3) is 0 Å². The monoisotopic (exact) mass is 285 g/mol. The van der Waals surface area contributed by atoms with Crippen molar-refractivity contribution >= 4 is 0 Å². The van der Waals surface area contributed by atoms with Gasteiger partial charge in [0.2, 0.25) is 0 Å². The molecule has 0 atom stereocenters. The third-order valence-corrected chi connectivity index (χ3v) is 4.54. The number of alkyl halides is 1. The Hall–Kier alpha value is -1.62. The molecule has 0 N–H and O–H groups in total. The lowest BCUT2D eigenvalue weighted by Crippen LogP contribution is -2.13. The molecule has 0 aliphatic heterocycles. The summed E-state index contributed by atoms with van der Waals surface area (Å²) < 4.78 is 12.0. The van der Waals surface area contributed by atoms with Gasteiger partial charge in [-0.2, -0.15) is 5.26 Å². The van der Waals surface area contributed by atoms with E-state index in [1.165, 1.54) is 37.7 Å². The highest BCUT2D eigenvalue weighted by atomic mass is 19.1. The van der Waals surface area contributed by atoms with Crippen LogP contribution in [0.3, 0.4) is 0 Å². The van der Waals surface area contributed by atoms with Crippen LogP contribution in [0.15, 0.2) is 36.4 Å². The molecule has 0 radical (unpaired) electrons. The average molecular weight is 285 g/mol. The fraction of sp³-hybridized carbons (Fsp3) is 0.526. The summed E-state index contributed by atoms with van der Waals surface area (Å²) in [5, 5.41) is 8.83. The molecule has 0 aromatic heterocycles. The predicted octanol–water partition coefficient (Wildman–Crippen LogP) is 5.53. The van der Waals surface area contributed by atoms with Gasteiger partial charge in [-0.15, -0.1) is 0 Å². The molecule has 1 saturated carbocycles. The highest BCUT2D eigenvalue weighted by molar-refractivity contribution is 5.33. The number of benzene rings is 1. The van der Waals surface area contributed by atoms with Gasteiger partial charge >= 0.3 is 0 Å². The third kappa shape index (κ3) is 5.01. The van der Waals surface area contributed by atoms with Crippen molar-refractivity contribution in [1.29, 1.82) is 5.26 Å². The first-order valence-corrected chi connectivity index (χ1v) is 8.04. The molecular formula is C19H24FN. The van der Waals surface area contributed by atoms with Gasteiger partial charge in [0, 0.05) is 0 Å². The van der Waals surface area contributed by atoms with Gasteiger partial charge in [0.15, 0.2) is 0 Å². The Morgan fingerprint density at radius 1 is 1.05 bits per heavy atom. The summed E-state index contributed by atoms with van der Waals surface area (Å²) in [6.07, 6.45) is 12.1. The van der Waals surface area contributed by atoms with Crippen molar-refractivity contribution in [3.8, 4) is 6.07 Å². The molecule has 1 nitrogen and oxygen atoms in total. The van der Waals surface area contributed by atoms with Crippen LogP contribution in [0.5, 0.6) is 0 Å². The largest absolute Gasteiger partial charge is 0.251 e. The Morgan fingerprint density at radius 3 is 2.33 bits per heavy atom. The van der Waals surface area contributed by atoms with Crippen molar-refractivity contribution in [1.82, 2.24) is 0 Å². The number of allylic oxidation sites excluding steroid dienone is 2. The van der Waals surface area contributed by atoms with Gasteiger partial charge in [-0.1, -0.05) is 24.3 Å². The van der Waals surface area contributed by atoms with Gasteiger partial charge in [0.05, 0.1) is 18.3 Å². The van der Waals surface area contributed by atoms with E-state index in [1.807, 2.05) is 18.2 Å². The molecule has 1 aromatic rings. The molecule has 1 aliphatic rings. The smallest absolute Gasteiger partial charge is 0.0991 e. The van der Waals surface area contributed by atoms with Crippen LogP contribution in [0.2, 0.25) is 0 Å². The number of rotatable bonds is 6. The molecule has 0 saturated heterocycles. The van der Waals surface area contributed by atoms with Gasteiger partial charge in [-0.05, 0) is 74.5 Å². The van der Waals surface area contributed by atoms with E-state index >= 15 is 0 Å². The number of nitriles is 1. The second-order valence-corrected chi connectivity index (χ2v) is 5.98. The zero-order chi connectivity index (χ0) is 14.9. The van der Waals surface area contributed by atoms with E-state index < -0.39 is 0 Å². The van der Waals surface area contributed by atoms with Crippen LogP contribution in [0.4, 0.5) is 4.39 Å². The topological polar surface area (TPSA) is 23.8 Å². The van der Waals surface area contributed by atoms with Gasteiger partial charge in [-0.25, -0.2) is 0 Å². The summed E-state index contributed by atoms with van der Waals surface area (Å²) >= 11 is 0. The van der Waals surface area contributed by atoms with Crippen LogP contribution in [-0.2, 0) is 0 Å². The first kappa shape index (κ1) is 15.8. The van der Waals surface area contributed by atoms with E-state index in [4.69, 9.17) is 5.26 Å². The number of hydrogen-bond donors (Lipinski definition) is 0. The molecule has 1 aromatic carbocycles. The highest BCUT2D eigenvalue weighted by Crippen LogP contribution is 2.37. The molecule has 21 heavy (non-hydrogen) atoms. The summed E-state index contributed by atoms with van der Waals surface area (Å²) in [6, 6.07) is 10.3. The first-order chi connectivity index (χ1) is 10.3. The van der Waals surface area contributed by atoms with Gasteiger partial charge < -0.3 is 0 Å². The molecule has 112 valence electrons. The summed E-state index contributed by atoms with van der Waals surface area (Å²) in [5.41, 5.74) is 2.13. The lowest BCUT2D eigenvalue weighted by molar-refractivity contribution is 0.312. The minimum atomic E-state index is -0.244. The maximum atomic E-state index is 12.0. The maximum absolute atomic E-state index is 12.0. The quantitative estimate of drug-likeness (QED) is 0.630. The number of halogens is 1. The van der Waals surface area contributed by atoms with Crippen molar-refractivity contribution in [3.05, 3.63) is 47.5 Å². The summed E-state index contributed by atoms with van der Waals surface area (Å²) in [6.45, 7) is -0.244. The number of nitrogens with zero attached hydrogens (tertiary/aromatic N) is 1. The van der Waals surface area contributed by atoms with E-state index in [0.717, 1.165) is 17.9 Å². The Morgan fingerprint density at radius 2 is 1.71 bits per heavy atom. The fourth-order valence-corrected chi connectivity index (χ4v) is 3.24.